The molecule has 0 saturated heterocycles. The molecule has 1 aromatic heterocycles. The largest absolute Gasteiger partial charge is 0.461 e. The molecule has 11 heavy (non-hydrogen) atoms. The van der Waals surface area contributed by atoms with E-state index in [4.69, 9.17) is 4.42 Å². The standard InChI is InChI=1S/C10H12O/c1-5-9-7(3)8(4)11-10(9)6-2/h5-6H,1-2H2,3-4H3. The van der Waals surface area contributed by atoms with Crippen LogP contribution in [0.2, 0.25) is 0 Å². The SMILES string of the molecule is C=Cc1oc(C)c(C)c1C=C. The first kappa shape index (κ1) is 7.86. The van der Waals surface area contributed by atoms with Crippen LogP contribution in [-0.2, 0) is 0 Å². The Morgan fingerprint density at radius 2 is 1.82 bits per heavy atom. The summed E-state index contributed by atoms with van der Waals surface area (Å²) in [5.74, 6) is 1.75. The lowest BCUT2D eigenvalue weighted by Gasteiger charge is -1.88. The third-order valence-electron chi connectivity index (χ3n) is 1.85. The Morgan fingerprint density at radius 1 is 1.18 bits per heavy atom. The molecular weight excluding hydrogens is 136 g/mol. The Morgan fingerprint density at radius 3 is 2.18 bits per heavy atom. The average molecular weight is 148 g/mol. The number of hydrogen-bond donors (Lipinski definition) is 0. The Kier molecular flexibility index (Phi) is 1.99. The van der Waals surface area contributed by atoms with Gasteiger partial charge < -0.3 is 4.42 Å². The van der Waals surface area contributed by atoms with Gasteiger partial charge in [0.25, 0.3) is 0 Å². The lowest BCUT2D eigenvalue weighted by atomic mass is 10.1. The predicted octanol–water partition coefficient (Wildman–Crippen LogP) is 3.18. The second kappa shape index (κ2) is 2.79. The van der Waals surface area contributed by atoms with Crippen molar-refractivity contribution in [1.82, 2.24) is 0 Å². The zero-order valence-corrected chi connectivity index (χ0v) is 6.98. The van der Waals surface area contributed by atoms with E-state index < -0.39 is 0 Å². The van der Waals surface area contributed by atoms with Gasteiger partial charge in [0.1, 0.15) is 11.5 Å². The van der Waals surface area contributed by atoms with Crippen molar-refractivity contribution >= 4 is 12.2 Å². The van der Waals surface area contributed by atoms with E-state index >= 15 is 0 Å². The van der Waals surface area contributed by atoms with Crippen molar-refractivity contribution in [2.75, 3.05) is 0 Å². The van der Waals surface area contributed by atoms with Crippen molar-refractivity contribution in [2.24, 2.45) is 0 Å². The molecule has 0 spiro atoms. The van der Waals surface area contributed by atoms with Crippen molar-refractivity contribution in [1.29, 1.82) is 0 Å². The molecule has 0 aliphatic carbocycles. The highest BCUT2D eigenvalue weighted by atomic mass is 16.3. The average Bonchev–Trinajstić information content (AvgIpc) is 2.28. The summed E-state index contributed by atoms with van der Waals surface area (Å²) in [6, 6.07) is 0. The first-order chi connectivity index (χ1) is 5.20. The minimum Gasteiger partial charge on any atom is -0.461 e. The second-order valence-corrected chi connectivity index (χ2v) is 2.47. The quantitative estimate of drug-likeness (QED) is 0.627. The van der Waals surface area contributed by atoms with Gasteiger partial charge in [-0.1, -0.05) is 19.2 Å². The second-order valence-electron chi connectivity index (χ2n) is 2.47. The molecule has 0 aromatic carbocycles. The molecule has 0 aliphatic heterocycles. The molecule has 1 heteroatoms. The zero-order valence-electron chi connectivity index (χ0n) is 6.98. The van der Waals surface area contributed by atoms with Crippen molar-refractivity contribution in [3.05, 3.63) is 35.8 Å². The van der Waals surface area contributed by atoms with Gasteiger partial charge in [-0.2, -0.15) is 0 Å². The number of furan rings is 1. The van der Waals surface area contributed by atoms with Crippen LogP contribution < -0.4 is 0 Å². The van der Waals surface area contributed by atoms with Gasteiger partial charge in [0.2, 0.25) is 0 Å². The van der Waals surface area contributed by atoms with Gasteiger partial charge in [0.15, 0.2) is 0 Å². The molecule has 1 heterocycles. The molecule has 1 rings (SSSR count). The van der Waals surface area contributed by atoms with Gasteiger partial charge in [0.05, 0.1) is 0 Å². The van der Waals surface area contributed by atoms with Crippen LogP contribution in [-0.4, -0.2) is 0 Å². The van der Waals surface area contributed by atoms with Crippen LogP contribution in [0.4, 0.5) is 0 Å². The third kappa shape index (κ3) is 1.14. The summed E-state index contributed by atoms with van der Waals surface area (Å²) in [6.45, 7) is 11.3. The highest BCUT2D eigenvalue weighted by molar-refractivity contribution is 5.63. The molecule has 0 saturated carbocycles. The number of hydrogen-bond acceptors (Lipinski definition) is 1. The molecule has 0 bridgehead atoms. The van der Waals surface area contributed by atoms with Crippen LogP contribution in [0.15, 0.2) is 17.6 Å². The van der Waals surface area contributed by atoms with Crippen molar-refractivity contribution in [3.63, 3.8) is 0 Å². The lowest BCUT2D eigenvalue weighted by Crippen LogP contribution is -1.74. The maximum atomic E-state index is 5.40. The molecule has 0 radical (unpaired) electrons. The van der Waals surface area contributed by atoms with Crippen LogP contribution >= 0.6 is 0 Å². The molecular formula is C10H12O. The lowest BCUT2D eigenvalue weighted by molar-refractivity contribution is 0.522. The zero-order chi connectivity index (χ0) is 8.43. The van der Waals surface area contributed by atoms with Gasteiger partial charge in [-0.3, -0.25) is 0 Å². The molecule has 0 unspecified atom stereocenters. The smallest absolute Gasteiger partial charge is 0.133 e. The van der Waals surface area contributed by atoms with Gasteiger partial charge in [-0.25, -0.2) is 0 Å². The summed E-state index contributed by atoms with van der Waals surface area (Å²) < 4.78 is 5.40. The molecule has 0 amide bonds. The topological polar surface area (TPSA) is 13.1 Å². The summed E-state index contributed by atoms with van der Waals surface area (Å²) in [4.78, 5) is 0. The number of aryl methyl sites for hydroxylation is 1. The van der Waals surface area contributed by atoms with Gasteiger partial charge in [0, 0.05) is 5.56 Å². The first-order valence-corrected chi connectivity index (χ1v) is 3.55. The first-order valence-electron chi connectivity index (χ1n) is 3.55. The Labute approximate surface area is 67.0 Å². The summed E-state index contributed by atoms with van der Waals surface area (Å²) in [6.07, 6.45) is 3.50. The Hall–Kier alpha value is -1.24. The molecule has 0 aliphatic rings. The van der Waals surface area contributed by atoms with Crippen molar-refractivity contribution in [2.45, 2.75) is 13.8 Å². The maximum Gasteiger partial charge on any atom is 0.133 e. The Bertz CT molecular complexity index is 292. The van der Waals surface area contributed by atoms with Crippen LogP contribution in [0.1, 0.15) is 22.6 Å². The fourth-order valence-corrected chi connectivity index (χ4v) is 1.08. The van der Waals surface area contributed by atoms with Crippen molar-refractivity contribution in [3.8, 4) is 0 Å². The van der Waals surface area contributed by atoms with E-state index in [-0.39, 0.29) is 0 Å². The third-order valence-corrected chi connectivity index (χ3v) is 1.85. The predicted molar refractivity (Wildman–Crippen MR) is 48.4 cm³/mol. The van der Waals surface area contributed by atoms with Gasteiger partial charge in [-0.15, -0.1) is 0 Å². The van der Waals surface area contributed by atoms with E-state index in [1.807, 2.05) is 13.8 Å². The fraction of sp³-hybridized carbons (Fsp3) is 0.200. The molecule has 0 N–H and O–H groups in total. The summed E-state index contributed by atoms with van der Waals surface area (Å²) in [7, 11) is 0. The molecule has 1 aromatic rings. The highest BCUT2D eigenvalue weighted by Gasteiger charge is 2.07. The van der Waals surface area contributed by atoms with E-state index in [1.165, 1.54) is 0 Å². The van der Waals surface area contributed by atoms with E-state index in [0.717, 1.165) is 22.6 Å². The molecule has 1 nitrogen and oxygen atoms in total. The summed E-state index contributed by atoms with van der Waals surface area (Å²) >= 11 is 0. The minimum atomic E-state index is 0.815. The van der Waals surface area contributed by atoms with E-state index in [2.05, 4.69) is 13.2 Å². The van der Waals surface area contributed by atoms with Gasteiger partial charge in [-0.05, 0) is 25.5 Å². The fourth-order valence-electron chi connectivity index (χ4n) is 1.08. The van der Waals surface area contributed by atoms with Crippen LogP contribution in [0, 0.1) is 13.8 Å². The van der Waals surface area contributed by atoms with Crippen LogP contribution in [0.25, 0.3) is 12.2 Å². The molecule has 0 atom stereocenters. The minimum absolute atomic E-state index is 0.815. The molecule has 58 valence electrons. The highest BCUT2D eigenvalue weighted by Crippen LogP contribution is 2.22. The molecule has 0 fully saturated rings. The van der Waals surface area contributed by atoms with Crippen LogP contribution in [0.3, 0.4) is 0 Å². The van der Waals surface area contributed by atoms with Crippen molar-refractivity contribution < 1.29 is 4.42 Å². The Balaban J connectivity index is 3.37. The summed E-state index contributed by atoms with van der Waals surface area (Å²) in [5, 5.41) is 0. The number of rotatable bonds is 2. The normalized spacial score (nSPS) is 9.64. The van der Waals surface area contributed by atoms with E-state index in [9.17, 15) is 0 Å². The van der Waals surface area contributed by atoms with Crippen LogP contribution in [0.5, 0.6) is 0 Å². The maximum absolute atomic E-state index is 5.40. The summed E-state index contributed by atoms with van der Waals surface area (Å²) in [5.41, 5.74) is 2.20. The monoisotopic (exact) mass is 148 g/mol. The van der Waals surface area contributed by atoms with E-state index in [1.54, 1.807) is 12.2 Å². The van der Waals surface area contributed by atoms with Gasteiger partial charge >= 0.3 is 0 Å². The van der Waals surface area contributed by atoms with E-state index in [0.29, 0.717) is 0 Å².